The molecular weight excluding hydrogens is 302 g/mol. The Morgan fingerprint density at radius 3 is 2.30 bits per heavy atom. The highest BCUT2D eigenvalue weighted by Crippen LogP contribution is 2.26. The van der Waals surface area contributed by atoms with E-state index in [0.717, 1.165) is 21.7 Å². The van der Waals surface area contributed by atoms with Gasteiger partial charge in [-0.1, -0.05) is 45.0 Å². The molecule has 0 saturated carbocycles. The summed E-state index contributed by atoms with van der Waals surface area (Å²) in [6.45, 7) is 10.6. The van der Waals surface area contributed by atoms with Crippen LogP contribution in [-0.2, 0) is 10.2 Å². The fourth-order valence-electron chi connectivity index (χ4n) is 2.26. The van der Waals surface area contributed by atoms with E-state index in [9.17, 15) is 4.79 Å². The Hall–Kier alpha value is -1.74. The van der Waals surface area contributed by atoms with Crippen molar-refractivity contribution in [3.63, 3.8) is 0 Å². The van der Waals surface area contributed by atoms with Crippen molar-refractivity contribution in [2.45, 2.75) is 44.9 Å². The van der Waals surface area contributed by atoms with Crippen molar-refractivity contribution in [3.8, 4) is 0 Å². The Balaban J connectivity index is 1.93. The molecule has 1 N–H and O–H groups in total. The maximum Gasteiger partial charge on any atom is 0.234 e. The van der Waals surface area contributed by atoms with Crippen molar-refractivity contribution in [1.82, 2.24) is 0 Å². The van der Waals surface area contributed by atoms with Gasteiger partial charge in [0, 0.05) is 10.6 Å². The second kappa shape index (κ2) is 7.22. The molecular formula is C20H25NOS. The lowest BCUT2D eigenvalue weighted by Crippen LogP contribution is -2.15. The fraction of sp³-hybridized carbons (Fsp3) is 0.350. The standard InChI is InChI=1S/C20H25NOS/c1-14-6-7-15(2)18(12-14)21-19(22)13-23-17-10-8-16(9-11-17)20(3,4)5/h6-12H,13H2,1-5H3,(H,21,22). The normalized spacial score (nSPS) is 11.3. The molecule has 23 heavy (non-hydrogen) atoms. The maximum absolute atomic E-state index is 12.1. The lowest BCUT2D eigenvalue weighted by atomic mass is 9.87. The van der Waals surface area contributed by atoms with Crippen molar-refractivity contribution in [1.29, 1.82) is 0 Å². The highest BCUT2D eigenvalue weighted by molar-refractivity contribution is 8.00. The van der Waals surface area contributed by atoms with Gasteiger partial charge in [-0.25, -0.2) is 0 Å². The van der Waals surface area contributed by atoms with Gasteiger partial charge >= 0.3 is 0 Å². The number of rotatable bonds is 4. The summed E-state index contributed by atoms with van der Waals surface area (Å²) >= 11 is 1.57. The monoisotopic (exact) mass is 327 g/mol. The smallest absolute Gasteiger partial charge is 0.234 e. The first-order valence-electron chi connectivity index (χ1n) is 7.86. The number of aryl methyl sites for hydroxylation is 2. The minimum absolute atomic E-state index is 0.0311. The van der Waals surface area contributed by atoms with Crippen molar-refractivity contribution < 1.29 is 4.79 Å². The van der Waals surface area contributed by atoms with E-state index in [1.54, 1.807) is 11.8 Å². The molecule has 1 amide bonds. The highest BCUT2D eigenvalue weighted by atomic mass is 32.2. The van der Waals surface area contributed by atoms with Crippen LogP contribution in [0.1, 0.15) is 37.5 Å². The van der Waals surface area contributed by atoms with Gasteiger partial charge in [-0.05, 0) is 54.2 Å². The molecule has 3 heteroatoms. The van der Waals surface area contributed by atoms with Gasteiger partial charge in [0.05, 0.1) is 5.75 Å². The number of anilines is 1. The van der Waals surface area contributed by atoms with Crippen LogP contribution >= 0.6 is 11.8 Å². The van der Waals surface area contributed by atoms with E-state index in [2.05, 4.69) is 56.4 Å². The average molecular weight is 327 g/mol. The summed E-state index contributed by atoms with van der Waals surface area (Å²) in [4.78, 5) is 13.3. The van der Waals surface area contributed by atoms with Crippen LogP contribution in [0.5, 0.6) is 0 Å². The van der Waals surface area contributed by atoms with Gasteiger partial charge in [-0.3, -0.25) is 4.79 Å². The number of carbonyl (C=O) groups excluding carboxylic acids is 1. The molecule has 2 nitrogen and oxygen atoms in total. The van der Waals surface area contributed by atoms with Crippen LogP contribution in [0, 0.1) is 13.8 Å². The van der Waals surface area contributed by atoms with E-state index in [-0.39, 0.29) is 11.3 Å². The molecule has 2 rings (SSSR count). The van der Waals surface area contributed by atoms with Gasteiger partial charge in [0.15, 0.2) is 0 Å². The van der Waals surface area contributed by atoms with Crippen molar-refractivity contribution in [2.24, 2.45) is 0 Å². The summed E-state index contributed by atoms with van der Waals surface area (Å²) in [6.07, 6.45) is 0. The Bertz CT molecular complexity index is 684. The summed E-state index contributed by atoms with van der Waals surface area (Å²) in [5, 5.41) is 3.00. The fourth-order valence-corrected chi connectivity index (χ4v) is 2.96. The first-order chi connectivity index (χ1) is 10.8. The van der Waals surface area contributed by atoms with Crippen LogP contribution in [-0.4, -0.2) is 11.7 Å². The van der Waals surface area contributed by atoms with E-state index in [4.69, 9.17) is 0 Å². The predicted molar refractivity (Wildman–Crippen MR) is 100 cm³/mol. The van der Waals surface area contributed by atoms with Crippen LogP contribution in [0.3, 0.4) is 0 Å². The van der Waals surface area contributed by atoms with E-state index < -0.39 is 0 Å². The highest BCUT2D eigenvalue weighted by Gasteiger charge is 2.13. The summed E-state index contributed by atoms with van der Waals surface area (Å²) in [7, 11) is 0. The first kappa shape index (κ1) is 17.6. The predicted octanol–water partition coefficient (Wildman–Crippen LogP) is 5.33. The molecule has 0 spiro atoms. The summed E-state index contributed by atoms with van der Waals surface area (Å²) in [5.74, 6) is 0.450. The van der Waals surface area contributed by atoms with E-state index in [1.807, 2.05) is 26.0 Å². The van der Waals surface area contributed by atoms with Crippen LogP contribution < -0.4 is 5.32 Å². The number of carbonyl (C=O) groups is 1. The minimum Gasteiger partial charge on any atom is -0.325 e. The van der Waals surface area contributed by atoms with E-state index >= 15 is 0 Å². The average Bonchev–Trinajstić information content (AvgIpc) is 2.48. The zero-order valence-electron chi connectivity index (χ0n) is 14.6. The van der Waals surface area contributed by atoms with E-state index in [1.165, 1.54) is 5.56 Å². The second-order valence-electron chi connectivity index (χ2n) is 6.93. The van der Waals surface area contributed by atoms with Crippen molar-refractivity contribution in [3.05, 3.63) is 59.2 Å². The Kier molecular flexibility index (Phi) is 5.53. The number of amides is 1. The molecule has 0 bridgehead atoms. The third kappa shape index (κ3) is 5.14. The molecule has 122 valence electrons. The summed E-state index contributed by atoms with van der Waals surface area (Å²) in [5.41, 5.74) is 4.60. The SMILES string of the molecule is Cc1ccc(C)c(NC(=O)CSc2ccc(C(C)(C)C)cc2)c1. The van der Waals surface area contributed by atoms with Crippen LogP contribution in [0.4, 0.5) is 5.69 Å². The number of nitrogens with one attached hydrogen (secondary N) is 1. The van der Waals surface area contributed by atoms with Gasteiger partial charge in [0.2, 0.25) is 5.91 Å². The molecule has 0 aliphatic rings. The van der Waals surface area contributed by atoms with Gasteiger partial charge < -0.3 is 5.32 Å². The van der Waals surface area contributed by atoms with Gasteiger partial charge in [-0.15, -0.1) is 11.8 Å². The zero-order valence-corrected chi connectivity index (χ0v) is 15.4. The molecule has 2 aromatic rings. The largest absolute Gasteiger partial charge is 0.325 e. The minimum atomic E-state index is 0.0311. The number of hydrogen-bond acceptors (Lipinski definition) is 2. The second-order valence-corrected chi connectivity index (χ2v) is 7.98. The Labute approximate surface area is 143 Å². The molecule has 0 aliphatic carbocycles. The summed E-state index contributed by atoms with van der Waals surface area (Å²) in [6, 6.07) is 14.6. The van der Waals surface area contributed by atoms with Gasteiger partial charge in [-0.2, -0.15) is 0 Å². The first-order valence-corrected chi connectivity index (χ1v) is 8.85. The Morgan fingerprint density at radius 1 is 1.04 bits per heavy atom. The van der Waals surface area contributed by atoms with Crippen molar-refractivity contribution in [2.75, 3.05) is 11.1 Å². The lowest BCUT2D eigenvalue weighted by Gasteiger charge is -2.19. The topological polar surface area (TPSA) is 29.1 Å². The third-order valence-corrected chi connectivity index (χ3v) is 4.77. The molecule has 0 radical (unpaired) electrons. The third-order valence-electron chi connectivity index (χ3n) is 3.76. The lowest BCUT2D eigenvalue weighted by molar-refractivity contribution is -0.113. The van der Waals surface area contributed by atoms with Crippen LogP contribution in [0.15, 0.2) is 47.4 Å². The molecule has 0 unspecified atom stereocenters. The zero-order chi connectivity index (χ0) is 17.0. The quantitative estimate of drug-likeness (QED) is 0.769. The molecule has 0 heterocycles. The molecule has 0 atom stereocenters. The summed E-state index contributed by atoms with van der Waals surface area (Å²) < 4.78 is 0. The molecule has 0 aromatic heterocycles. The van der Waals surface area contributed by atoms with Gasteiger partial charge in [0.25, 0.3) is 0 Å². The molecule has 0 saturated heterocycles. The Morgan fingerprint density at radius 2 is 1.70 bits per heavy atom. The number of benzene rings is 2. The molecule has 0 fully saturated rings. The van der Waals surface area contributed by atoms with Crippen molar-refractivity contribution >= 4 is 23.4 Å². The van der Waals surface area contributed by atoms with Crippen LogP contribution in [0.2, 0.25) is 0 Å². The molecule has 2 aromatic carbocycles. The number of hydrogen-bond donors (Lipinski definition) is 1. The number of thioether (sulfide) groups is 1. The van der Waals surface area contributed by atoms with Crippen LogP contribution in [0.25, 0.3) is 0 Å². The maximum atomic E-state index is 12.1. The van der Waals surface area contributed by atoms with E-state index in [0.29, 0.717) is 5.75 Å². The van der Waals surface area contributed by atoms with Gasteiger partial charge in [0.1, 0.15) is 0 Å². The molecule has 0 aliphatic heterocycles.